The fraction of sp³-hybridized carbons (Fsp3) is 0.615. The summed E-state index contributed by atoms with van der Waals surface area (Å²) >= 11 is 0. The van der Waals surface area contributed by atoms with Gasteiger partial charge in [0.2, 0.25) is 0 Å². The lowest BCUT2D eigenvalue weighted by atomic mass is 10.0. The Morgan fingerprint density at radius 3 is 2.69 bits per heavy atom. The van der Waals surface area contributed by atoms with E-state index >= 15 is 0 Å². The zero-order chi connectivity index (χ0) is 12.0. The molecule has 1 rings (SSSR count). The smallest absolute Gasteiger partial charge is 0.137 e. The Kier molecular flexibility index (Phi) is 5.26. The molecule has 0 bridgehead atoms. The number of aromatic nitrogens is 1. The van der Waals surface area contributed by atoms with Gasteiger partial charge in [-0.05, 0) is 30.5 Å². The van der Waals surface area contributed by atoms with Gasteiger partial charge in [-0.3, -0.25) is 4.98 Å². The van der Waals surface area contributed by atoms with Crippen molar-refractivity contribution in [3.63, 3.8) is 0 Å². The zero-order valence-corrected chi connectivity index (χ0v) is 10.7. The first-order valence-electron chi connectivity index (χ1n) is 5.83. The van der Waals surface area contributed by atoms with Crippen molar-refractivity contribution in [3.05, 3.63) is 24.0 Å². The van der Waals surface area contributed by atoms with E-state index in [1.165, 1.54) is 5.56 Å². The zero-order valence-electron chi connectivity index (χ0n) is 10.7. The number of rotatable bonds is 6. The molecule has 0 aromatic carbocycles. The van der Waals surface area contributed by atoms with Gasteiger partial charge < -0.3 is 10.1 Å². The lowest BCUT2D eigenvalue weighted by Crippen LogP contribution is -2.28. The first-order valence-corrected chi connectivity index (χ1v) is 5.83. The Morgan fingerprint density at radius 1 is 1.31 bits per heavy atom. The third kappa shape index (κ3) is 4.62. The van der Waals surface area contributed by atoms with Crippen LogP contribution in [0.15, 0.2) is 18.5 Å². The first kappa shape index (κ1) is 13.0. The molecule has 0 spiro atoms. The van der Waals surface area contributed by atoms with Crippen molar-refractivity contribution < 1.29 is 4.74 Å². The first-order chi connectivity index (χ1) is 7.61. The second-order valence-electron chi connectivity index (χ2n) is 4.61. The van der Waals surface area contributed by atoms with Crippen LogP contribution in [-0.4, -0.2) is 24.7 Å². The topological polar surface area (TPSA) is 34.1 Å². The number of methoxy groups -OCH3 is 1. The summed E-state index contributed by atoms with van der Waals surface area (Å²) in [5.74, 6) is 1.44. The molecule has 1 unspecified atom stereocenters. The van der Waals surface area contributed by atoms with E-state index in [0.29, 0.717) is 12.0 Å². The Morgan fingerprint density at radius 2 is 2.06 bits per heavy atom. The van der Waals surface area contributed by atoms with Gasteiger partial charge in [0.1, 0.15) is 5.75 Å². The van der Waals surface area contributed by atoms with Crippen molar-refractivity contribution in [1.82, 2.24) is 10.3 Å². The number of hydrogen-bond acceptors (Lipinski definition) is 3. The van der Waals surface area contributed by atoms with Crippen LogP contribution in [0.3, 0.4) is 0 Å². The van der Waals surface area contributed by atoms with Crippen LogP contribution in [0.5, 0.6) is 5.75 Å². The predicted octanol–water partition coefficient (Wildman–Crippen LogP) is 2.27. The summed E-state index contributed by atoms with van der Waals surface area (Å²) in [6, 6.07) is 2.60. The largest absolute Gasteiger partial charge is 0.495 e. The molecule has 3 nitrogen and oxygen atoms in total. The van der Waals surface area contributed by atoms with E-state index in [-0.39, 0.29) is 0 Å². The van der Waals surface area contributed by atoms with E-state index in [9.17, 15) is 0 Å². The number of nitrogens with one attached hydrogen (secondary N) is 1. The summed E-state index contributed by atoms with van der Waals surface area (Å²) in [7, 11) is 1.67. The molecule has 0 aliphatic heterocycles. The quantitative estimate of drug-likeness (QED) is 0.801. The minimum absolute atomic E-state index is 0.547. The van der Waals surface area contributed by atoms with E-state index in [4.69, 9.17) is 4.74 Å². The van der Waals surface area contributed by atoms with Gasteiger partial charge in [-0.25, -0.2) is 0 Å². The van der Waals surface area contributed by atoms with Crippen molar-refractivity contribution in [2.45, 2.75) is 33.2 Å². The van der Waals surface area contributed by atoms with Gasteiger partial charge in [0, 0.05) is 12.2 Å². The number of hydrogen-bond donors (Lipinski definition) is 1. The van der Waals surface area contributed by atoms with Gasteiger partial charge in [-0.1, -0.05) is 20.8 Å². The minimum atomic E-state index is 0.547. The van der Waals surface area contributed by atoms with Crippen LogP contribution in [-0.2, 0) is 6.42 Å². The average molecular weight is 222 g/mol. The predicted molar refractivity (Wildman–Crippen MR) is 66.8 cm³/mol. The molecule has 3 heteroatoms. The Balaban J connectivity index is 2.45. The molecule has 0 saturated carbocycles. The van der Waals surface area contributed by atoms with E-state index in [1.54, 1.807) is 13.3 Å². The van der Waals surface area contributed by atoms with Crippen molar-refractivity contribution in [2.24, 2.45) is 5.92 Å². The van der Waals surface area contributed by atoms with Crippen LogP contribution in [0.4, 0.5) is 0 Å². The Labute approximate surface area is 98.2 Å². The maximum atomic E-state index is 5.16. The standard InChI is InChI=1S/C13H22N2O/c1-10(2)15-7-11(3)5-12-6-13(16-4)9-14-8-12/h6,8-11,15H,5,7H2,1-4H3. The molecule has 16 heavy (non-hydrogen) atoms. The number of pyridine rings is 1. The van der Waals surface area contributed by atoms with Gasteiger partial charge in [-0.2, -0.15) is 0 Å². The lowest BCUT2D eigenvalue weighted by Gasteiger charge is -2.15. The van der Waals surface area contributed by atoms with Gasteiger partial charge >= 0.3 is 0 Å². The molecule has 0 aliphatic rings. The van der Waals surface area contributed by atoms with E-state index in [0.717, 1.165) is 18.7 Å². The molecular weight excluding hydrogens is 200 g/mol. The summed E-state index contributed by atoms with van der Waals surface area (Å²) in [6.07, 6.45) is 4.68. The van der Waals surface area contributed by atoms with Gasteiger partial charge in [0.15, 0.2) is 0 Å². The van der Waals surface area contributed by atoms with Crippen molar-refractivity contribution in [2.75, 3.05) is 13.7 Å². The average Bonchev–Trinajstić information content (AvgIpc) is 2.26. The second-order valence-corrected chi connectivity index (χ2v) is 4.61. The minimum Gasteiger partial charge on any atom is -0.495 e. The molecule has 0 aliphatic carbocycles. The summed E-state index contributed by atoms with van der Waals surface area (Å²) in [5, 5.41) is 3.44. The summed E-state index contributed by atoms with van der Waals surface area (Å²) in [6.45, 7) is 7.61. The molecule has 0 saturated heterocycles. The lowest BCUT2D eigenvalue weighted by molar-refractivity contribution is 0.411. The molecule has 0 radical (unpaired) electrons. The van der Waals surface area contributed by atoms with Gasteiger partial charge in [0.05, 0.1) is 13.3 Å². The van der Waals surface area contributed by atoms with Crippen LogP contribution < -0.4 is 10.1 Å². The highest BCUT2D eigenvalue weighted by Crippen LogP contribution is 2.13. The van der Waals surface area contributed by atoms with Gasteiger partial charge in [0.25, 0.3) is 0 Å². The van der Waals surface area contributed by atoms with Gasteiger partial charge in [-0.15, -0.1) is 0 Å². The maximum absolute atomic E-state index is 5.16. The monoisotopic (exact) mass is 222 g/mol. The fourth-order valence-electron chi connectivity index (χ4n) is 1.60. The number of nitrogens with zero attached hydrogens (tertiary/aromatic N) is 1. The highest BCUT2D eigenvalue weighted by molar-refractivity contribution is 5.23. The molecule has 1 N–H and O–H groups in total. The van der Waals surface area contributed by atoms with Crippen molar-refractivity contribution >= 4 is 0 Å². The SMILES string of the molecule is COc1cncc(CC(C)CNC(C)C)c1. The summed E-state index contributed by atoms with van der Waals surface area (Å²) < 4.78 is 5.16. The van der Waals surface area contributed by atoms with Crippen LogP contribution in [0, 0.1) is 5.92 Å². The van der Waals surface area contributed by atoms with Crippen molar-refractivity contribution in [3.8, 4) is 5.75 Å². The third-order valence-electron chi connectivity index (χ3n) is 2.46. The molecule has 1 aromatic rings. The van der Waals surface area contributed by atoms with E-state index < -0.39 is 0 Å². The molecular formula is C13H22N2O. The summed E-state index contributed by atoms with van der Waals surface area (Å²) in [4.78, 5) is 4.16. The van der Waals surface area contributed by atoms with Crippen molar-refractivity contribution in [1.29, 1.82) is 0 Å². The Hall–Kier alpha value is -1.09. The molecule has 1 atom stereocenters. The van der Waals surface area contributed by atoms with E-state index in [2.05, 4.69) is 37.1 Å². The van der Waals surface area contributed by atoms with E-state index in [1.807, 2.05) is 6.20 Å². The molecule has 90 valence electrons. The maximum Gasteiger partial charge on any atom is 0.137 e. The van der Waals surface area contributed by atoms with Crippen LogP contribution in [0.1, 0.15) is 26.3 Å². The van der Waals surface area contributed by atoms with Crippen LogP contribution in [0.25, 0.3) is 0 Å². The van der Waals surface area contributed by atoms with Crippen LogP contribution >= 0.6 is 0 Å². The molecule has 0 fully saturated rings. The summed E-state index contributed by atoms with van der Waals surface area (Å²) in [5.41, 5.74) is 1.23. The fourth-order valence-corrected chi connectivity index (χ4v) is 1.60. The highest BCUT2D eigenvalue weighted by atomic mass is 16.5. The highest BCUT2D eigenvalue weighted by Gasteiger charge is 2.05. The normalized spacial score (nSPS) is 12.8. The molecule has 1 aromatic heterocycles. The second kappa shape index (κ2) is 6.48. The number of ether oxygens (including phenoxy) is 1. The molecule has 1 heterocycles. The molecule has 0 amide bonds. The third-order valence-corrected chi connectivity index (χ3v) is 2.46. The van der Waals surface area contributed by atoms with Crippen LogP contribution in [0.2, 0.25) is 0 Å². The Bertz CT molecular complexity index is 313.